The first-order valence-electron chi connectivity index (χ1n) is 4.15. The van der Waals surface area contributed by atoms with Crippen LogP contribution in [0.15, 0.2) is 16.6 Å². The van der Waals surface area contributed by atoms with E-state index in [0.29, 0.717) is 11.3 Å². The summed E-state index contributed by atoms with van der Waals surface area (Å²) in [7, 11) is 1.61. The van der Waals surface area contributed by atoms with Gasteiger partial charge in [0.2, 0.25) is 0 Å². The topological polar surface area (TPSA) is 37.4 Å². The zero-order valence-corrected chi connectivity index (χ0v) is 9.38. The van der Waals surface area contributed by atoms with E-state index in [0.717, 1.165) is 10.0 Å². The minimum Gasteiger partial charge on any atom is -0.307 e. The number of carbonyl (C=O) groups excluding carboxylic acids is 2. The number of carbonyl (C=O) groups is 2. The molecule has 0 N–H and O–H groups in total. The van der Waals surface area contributed by atoms with Crippen LogP contribution in [0, 0.1) is 6.92 Å². The molecular formula is C10H8BrNO2. The predicted molar refractivity (Wildman–Crippen MR) is 56.6 cm³/mol. The molecule has 0 saturated carbocycles. The van der Waals surface area contributed by atoms with Crippen molar-refractivity contribution in [1.29, 1.82) is 0 Å². The second-order valence-corrected chi connectivity index (χ2v) is 4.08. The summed E-state index contributed by atoms with van der Waals surface area (Å²) in [6, 6.07) is 3.52. The van der Waals surface area contributed by atoms with Crippen LogP contribution in [-0.2, 0) is 4.79 Å². The van der Waals surface area contributed by atoms with Gasteiger partial charge in [0, 0.05) is 11.5 Å². The number of rotatable bonds is 0. The summed E-state index contributed by atoms with van der Waals surface area (Å²) in [5, 5.41) is 0. The fraction of sp³-hybridized carbons (Fsp3) is 0.200. The highest BCUT2D eigenvalue weighted by Crippen LogP contribution is 2.36. The highest BCUT2D eigenvalue weighted by Gasteiger charge is 2.35. The molecule has 0 fully saturated rings. The molecule has 1 aliphatic heterocycles. The zero-order valence-electron chi connectivity index (χ0n) is 7.80. The monoisotopic (exact) mass is 253 g/mol. The van der Waals surface area contributed by atoms with Gasteiger partial charge in [-0.05, 0) is 34.5 Å². The van der Waals surface area contributed by atoms with Crippen LogP contribution < -0.4 is 4.90 Å². The number of ketones is 1. The first kappa shape index (κ1) is 9.40. The number of halogens is 1. The van der Waals surface area contributed by atoms with Gasteiger partial charge < -0.3 is 4.90 Å². The zero-order chi connectivity index (χ0) is 10.5. The molecule has 0 atom stereocenters. The van der Waals surface area contributed by atoms with Crippen molar-refractivity contribution in [1.82, 2.24) is 0 Å². The van der Waals surface area contributed by atoms with Crippen molar-refractivity contribution in [2.45, 2.75) is 6.92 Å². The second kappa shape index (κ2) is 2.92. The number of nitrogens with zero attached hydrogens (tertiary/aromatic N) is 1. The molecule has 0 spiro atoms. The van der Waals surface area contributed by atoms with E-state index in [1.807, 2.05) is 13.0 Å². The number of Topliss-reactive ketones (excluding diaryl/α,β-unsaturated/α-hetero) is 1. The Labute approximate surface area is 89.8 Å². The molecule has 14 heavy (non-hydrogen) atoms. The van der Waals surface area contributed by atoms with Crippen molar-refractivity contribution >= 4 is 33.3 Å². The van der Waals surface area contributed by atoms with Gasteiger partial charge in [-0.1, -0.05) is 6.07 Å². The van der Waals surface area contributed by atoms with Crippen LogP contribution in [0.5, 0.6) is 0 Å². The Morgan fingerprint density at radius 2 is 1.93 bits per heavy atom. The number of anilines is 1. The number of hydrogen-bond acceptors (Lipinski definition) is 2. The van der Waals surface area contributed by atoms with Crippen molar-refractivity contribution in [3.8, 4) is 0 Å². The van der Waals surface area contributed by atoms with E-state index in [2.05, 4.69) is 15.9 Å². The molecular weight excluding hydrogens is 246 g/mol. The van der Waals surface area contributed by atoms with Crippen molar-refractivity contribution in [3.63, 3.8) is 0 Å². The van der Waals surface area contributed by atoms with Crippen LogP contribution in [0.4, 0.5) is 5.69 Å². The Morgan fingerprint density at radius 1 is 1.29 bits per heavy atom. The molecule has 1 aliphatic rings. The highest BCUT2D eigenvalue weighted by molar-refractivity contribution is 9.10. The van der Waals surface area contributed by atoms with E-state index >= 15 is 0 Å². The average Bonchev–Trinajstić information content (AvgIpc) is 2.38. The molecule has 1 aromatic rings. The van der Waals surface area contributed by atoms with Gasteiger partial charge in [0.25, 0.3) is 11.7 Å². The fourth-order valence-electron chi connectivity index (χ4n) is 1.55. The molecule has 0 saturated heterocycles. The molecule has 1 amide bonds. The Balaban J connectivity index is 2.76. The Bertz CT molecular complexity index is 454. The van der Waals surface area contributed by atoms with E-state index in [-0.39, 0.29) is 0 Å². The van der Waals surface area contributed by atoms with Gasteiger partial charge in [0.15, 0.2) is 0 Å². The summed E-state index contributed by atoms with van der Waals surface area (Å²) in [6.07, 6.45) is 0. The quantitative estimate of drug-likeness (QED) is 0.663. The van der Waals surface area contributed by atoms with Gasteiger partial charge in [-0.15, -0.1) is 0 Å². The van der Waals surface area contributed by atoms with Gasteiger partial charge in [0.1, 0.15) is 0 Å². The van der Waals surface area contributed by atoms with Gasteiger partial charge in [0.05, 0.1) is 11.3 Å². The van der Waals surface area contributed by atoms with Crippen LogP contribution >= 0.6 is 15.9 Å². The lowest BCUT2D eigenvalue weighted by atomic mass is 10.1. The molecule has 2 rings (SSSR count). The van der Waals surface area contributed by atoms with Gasteiger partial charge >= 0.3 is 0 Å². The highest BCUT2D eigenvalue weighted by atomic mass is 79.9. The number of aryl methyl sites for hydroxylation is 1. The SMILES string of the molecule is Cc1ccc2c(c1Br)N(C)C(=O)C2=O. The first-order chi connectivity index (χ1) is 6.54. The maximum Gasteiger partial charge on any atom is 0.299 e. The van der Waals surface area contributed by atoms with E-state index < -0.39 is 11.7 Å². The van der Waals surface area contributed by atoms with Crippen molar-refractivity contribution in [3.05, 3.63) is 27.7 Å². The molecule has 3 nitrogen and oxygen atoms in total. The maximum atomic E-state index is 11.5. The van der Waals surface area contributed by atoms with E-state index in [1.165, 1.54) is 4.90 Å². The smallest absolute Gasteiger partial charge is 0.299 e. The number of benzene rings is 1. The van der Waals surface area contributed by atoms with E-state index in [1.54, 1.807) is 13.1 Å². The predicted octanol–water partition coefficient (Wildman–Crippen LogP) is 1.92. The van der Waals surface area contributed by atoms with Crippen molar-refractivity contribution < 1.29 is 9.59 Å². The number of hydrogen-bond donors (Lipinski definition) is 0. The largest absolute Gasteiger partial charge is 0.307 e. The lowest BCUT2D eigenvalue weighted by Crippen LogP contribution is -2.25. The summed E-state index contributed by atoms with van der Waals surface area (Å²) < 4.78 is 0.816. The molecule has 0 unspecified atom stereocenters. The maximum absolute atomic E-state index is 11.5. The number of likely N-dealkylation sites (N-methyl/N-ethyl adjacent to an activating group) is 1. The molecule has 72 valence electrons. The molecule has 4 heteroatoms. The lowest BCUT2D eigenvalue weighted by Gasteiger charge is -2.11. The lowest BCUT2D eigenvalue weighted by molar-refractivity contribution is -0.114. The fourth-order valence-corrected chi connectivity index (χ4v) is 2.16. The van der Waals surface area contributed by atoms with Gasteiger partial charge in [-0.2, -0.15) is 0 Å². The average molecular weight is 254 g/mol. The molecule has 0 aromatic heterocycles. The summed E-state index contributed by atoms with van der Waals surface area (Å²) in [4.78, 5) is 24.2. The Kier molecular flexibility index (Phi) is 1.96. The number of fused-ring (bicyclic) bond motifs is 1. The van der Waals surface area contributed by atoms with Crippen LogP contribution in [0.25, 0.3) is 0 Å². The van der Waals surface area contributed by atoms with Crippen molar-refractivity contribution in [2.75, 3.05) is 11.9 Å². The van der Waals surface area contributed by atoms with E-state index in [4.69, 9.17) is 0 Å². The van der Waals surface area contributed by atoms with Crippen LogP contribution in [0.3, 0.4) is 0 Å². The van der Waals surface area contributed by atoms with Gasteiger partial charge in [-0.25, -0.2) is 0 Å². The Hall–Kier alpha value is -1.16. The normalized spacial score (nSPS) is 14.9. The van der Waals surface area contributed by atoms with E-state index in [9.17, 15) is 9.59 Å². The Morgan fingerprint density at radius 3 is 2.57 bits per heavy atom. The third-order valence-electron chi connectivity index (χ3n) is 2.39. The summed E-state index contributed by atoms with van der Waals surface area (Å²) in [5.41, 5.74) is 2.17. The van der Waals surface area contributed by atoms with Crippen LogP contribution in [-0.4, -0.2) is 18.7 Å². The minimum atomic E-state index is -0.466. The summed E-state index contributed by atoms with van der Waals surface area (Å²) >= 11 is 3.38. The number of amides is 1. The molecule has 1 heterocycles. The third kappa shape index (κ3) is 1.04. The first-order valence-corrected chi connectivity index (χ1v) is 4.95. The van der Waals surface area contributed by atoms with Crippen molar-refractivity contribution in [2.24, 2.45) is 0 Å². The molecule has 0 radical (unpaired) electrons. The third-order valence-corrected chi connectivity index (χ3v) is 3.39. The minimum absolute atomic E-state index is 0.428. The van der Waals surface area contributed by atoms with Crippen LogP contribution in [0.2, 0.25) is 0 Å². The summed E-state index contributed by atoms with van der Waals surface area (Å²) in [6.45, 7) is 1.92. The molecule has 1 aromatic carbocycles. The second-order valence-electron chi connectivity index (χ2n) is 3.29. The molecule has 0 bridgehead atoms. The van der Waals surface area contributed by atoms with Crippen LogP contribution in [0.1, 0.15) is 15.9 Å². The van der Waals surface area contributed by atoms with Gasteiger partial charge in [-0.3, -0.25) is 9.59 Å². The summed E-state index contributed by atoms with van der Waals surface area (Å²) in [5.74, 6) is -0.894. The standard InChI is InChI=1S/C10H8BrNO2/c1-5-3-4-6-8(7(5)11)12(2)10(14)9(6)13/h3-4H,1-2H3. The molecule has 0 aliphatic carbocycles.